The van der Waals surface area contributed by atoms with Gasteiger partial charge in [0.25, 0.3) is 5.91 Å². The van der Waals surface area contributed by atoms with Gasteiger partial charge in [0.05, 0.1) is 0 Å². The molecule has 0 spiro atoms. The number of carbonyl (C=O) groups excluding carboxylic acids is 2. The van der Waals surface area contributed by atoms with Crippen LogP contribution >= 0.6 is 22.6 Å². The second kappa shape index (κ2) is 8.93. The van der Waals surface area contributed by atoms with Gasteiger partial charge < -0.3 is 15.0 Å². The Bertz CT molecular complexity index is 1020. The minimum atomic E-state index is -0.546. The Morgan fingerprint density at radius 3 is 2.57 bits per heavy atom. The maximum Gasteiger partial charge on any atom is 0.410 e. The Balaban J connectivity index is 1.76. The summed E-state index contributed by atoms with van der Waals surface area (Å²) < 4.78 is 6.53. The summed E-state index contributed by atoms with van der Waals surface area (Å²) in [4.78, 5) is 29.4. The zero-order valence-electron chi connectivity index (χ0n) is 17.0. The van der Waals surface area contributed by atoms with Gasteiger partial charge in [-0.1, -0.05) is 17.2 Å². The molecule has 0 bridgehead atoms. The second-order valence-electron chi connectivity index (χ2n) is 7.94. The molecular formula is C21H22IN5O3. The van der Waals surface area contributed by atoms with Crippen LogP contribution in [0.1, 0.15) is 42.3 Å². The zero-order chi connectivity index (χ0) is 21.9. The fourth-order valence-electron chi connectivity index (χ4n) is 3.13. The normalized spacial score (nSPS) is 13.1. The fourth-order valence-corrected chi connectivity index (χ4v) is 4.09. The number of nitrogens with zero attached hydrogens (tertiary/aromatic N) is 4. The van der Waals surface area contributed by atoms with Gasteiger partial charge in [0.15, 0.2) is 0 Å². The molecule has 1 aliphatic rings. The van der Waals surface area contributed by atoms with E-state index in [1.54, 1.807) is 29.2 Å². The average molecular weight is 519 g/mol. The largest absolute Gasteiger partial charge is 0.444 e. The van der Waals surface area contributed by atoms with Crippen molar-refractivity contribution in [3.63, 3.8) is 0 Å². The summed E-state index contributed by atoms with van der Waals surface area (Å²) >= 11 is 2.26. The van der Waals surface area contributed by atoms with E-state index in [4.69, 9.17) is 10.3 Å². The monoisotopic (exact) mass is 519 g/mol. The molecule has 0 aliphatic carbocycles. The minimum absolute atomic E-state index is 0.266. The first kappa shape index (κ1) is 21.9. The van der Waals surface area contributed by atoms with E-state index in [9.17, 15) is 9.59 Å². The van der Waals surface area contributed by atoms with Gasteiger partial charge in [0.2, 0.25) is 0 Å². The maximum absolute atomic E-state index is 12.6. The van der Waals surface area contributed by atoms with E-state index in [1.807, 2.05) is 32.9 Å². The van der Waals surface area contributed by atoms with Crippen LogP contribution < -0.4 is 5.32 Å². The highest BCUT2D eigenvalue weighted by Gasteiger charge is 2.27. The van der Waals surface area contributed by atoms with Crippen molar-refractivity contribution in [1.29, 1.82) is 0 Å². The van der Waals surface area contributed by atoms with Gasteiger partial charge >= 0.3 is 6.09 Å². The van der Waals surface area contributed by atoms with Gasteiger partial charge in [-0.3, -0.25) is 4.79 Å². The number of nitrogens with one attached hydrogen (secondary N) is 1. The molecule has 8 nitrogen and oxygen atoms in total. The topological polar surface area (TPSA) is 107 Å². The Morgan fingerprint density at radius 1 is 1.23 bits per heavy atom. The molecular weight excluding hydrogens is 497 g/mol. The molecule has 1 N–H and O–H groups in total. The van der Waals surface area contributed by atoms with E-state index < -0.39 is 5.60 Å². The molecule has 0 saturated carbocycles. The lowest BCUT2D eigenvalue weighted by molar-refractivity contribution is 0.0223. The number of anilines is 1. The quantitative estimate of drug-likeness (QED) is 0.241. The van der Waals surface area contributed by atoms with Gasteiger partial charge in [-0.2, -0.15) is 0 Å². The number of hydrogen-bond donors (Lipinski definition) is 1. The van der Waals surface area contributed by atoms with E-state index in [-0.39, 0.29) is 12.0 Å². The zero-order valence-corrected chi connectivity index (χ0v) is 19.1. The first-order chi connectivity index (χ1) is 14.2. The Morgan fingerprint density at radius 2 is 1.93 bits per heavy atom. The molecule has 156 valence electrons. The Kier molecular flexibility index (Phi) is 6.52. The van der Waals surface area contributed by atoms with E-state index >= 15 is 0 Å². The van der Waals surface area contributed by atoms with Gasteiger partial charge in [-0.05, 0) is 90.7 Å². The summed E-state index contributed by atoms with van der Waals surface area (Å²) in [6.07, 6.45) is 0.403. The van der Waals surface area contributed by atoms with Crippen LogP contribution in [0.5, 0.6) is 0 Å². The van der Waals surface area contributed by atoms with Crippen molar-refractivity contribution in [1.82, 2.24) is 4.90 Å². The van der Waals surface area contributed by atoms with Crippen molar-refractivity contribution < 1.29 is 14.3 Å². The molecule has 0 atom stereocenters. The highest BCUT2D eigenvalue weighted by atomic mass is 127. The summed E-state index contributed by atoms with van der Waals surface area (Å²) in [6, 6.07) is 10.2. The number of benzene rings is 2. The van der Waals surface area contributed by atoms with Crippen molar-refractivity contribution in [2.75, 3.05) is 11.9 Å². The molecule has 0 fully saturated rings. The van der Waals surface area contributed by atoms with E-state index in [2.05, 4.69) is 37.9 Å². The summed E-state index contributed by atoms with van der Waals surface area (Å²) in [5, 5.41) is 6.40. The van der Waals surface area contributed by atoms with Gasteiger partial charge in [0, 0.05) is 38.5 Å². The van der Waals surface area contributed by atoms with Crippen LogP contribution in [0, 0.1) is 3.57 Å². The van der Waals surface area contributed by atoms with Crippen LogP contribution in [0.15, 0.2) is 41.5 Å². The first-order valence-electron chi connectivity index (χ1n) is 9.42. The molecule has 2 aromatic rings. The van der Waals surface area contributed by atoms with Crippen molar-refractivity contribution in [2.24, 2.45) is 5.11 Å². The highest BCUT2D eigenvalue weighted by molar-refractivity contribution is 14.1. The van der Waals surface area contributed by atoms with Crippen LogP contribution in [0.2, 0.25) is 0 Å². The number of rotatable bonds is 3. The van der Waals surface area contributed by atoms with Crippen LogP contribution in [-0.4, -0.2) is 29.0 Å². The smallest absolute Gasteiger partial charge is 0.410 e. The first-order valence-corrected chi connectivity index (χ1v) is 10.5. The predicted molar refractivity (Wildman–Crippen MR) is 123 cm³/mol. The molecule has 1 aliphatic heterocycles. The van der Waals surface area contributed by atoms with E-state index in [0.29, 0.717) is 30.0 Å². The summed E-state index contributed by atoms with van der Waals surface area (Å²) in [5.41, 5.74) is 11.7. The van der Waals surface area contributed by atoms with Crippen LogP contribution in [-0.2, 0) is 17.7 Å². The molecule has 0 aromatic heterocycles. The average Bonchev–Trinajstić information content (AvgIpc) is 2.67. The van der Waals surface area contributed by atoms with Gasteiger partial charge in [-0.25, -0.2) is 4.79 Å². The fraction of sp³-hybridized carbons (Fsp3) is 0.333. The SMILES string of the molecule is CC(C)(C)OC(=O)N1CCc2c(I)cc(NC(=O)c3ccc(N=[N+]=[N-])cc3)cc2C1. The summed E-state index contributed by atoms with van der Waals surface area (Å²) in [6.45, 7) is 6.57. The highest BCUT2D eigenvalue weighted by Crippen LogP contribution is 2.29. The molecule has 2 aromatic carbocycles. The second-order valence-corrected chi connectivity index (χ2v) is 9.10. The molecule has 0 saturated heterocycles. The molecule has 2 amide bonds. The number of halogens is 1. The minimum Gasteiger partial charge on any atom is -0.444 e. The van der Waals surface area contributed by atoms with Crippen LogP contribution in [0.25, 0.3) is 10.4 Å². The van der Waals surface area contributed by atoms with E-state index in [0.717, 1.165) is 15.6 Å². The number of azide groups is 1. The third kappa shape index (κ3) is 5.43. The van der Waals surface area contributed by atoms with Crippen LogP contribution in [0.4, 0.5) is 16.2 Å². The summed E-state index contributed by atoms with van der Waals surface area (Å²) in [5.74, 6) is -0.266. The Labute approximate surface area is 188 Å². The van der Waals surface area contributed by atoms with Gasteiger partial charge in [0.1, 0.15) is 5.60 Å². The third-order valence-electron chi connectivity index (χ3n) is 4.48. The maximum atomic E-state index is 12.6. The lowest BCUT2D eigenvalue weighted by Gasteiger charge is -2.32. The third-order valence-corrected chi connectivity index (χ3v) is 5.44. The molecule has 9 heteroatoms. The van der Waals surface area contributed by atoms with Crippen molar-refractivity contribution >= 4 is 46.0 Å². The van der Waals surface area contributed by atoms with Crippen molar-refractivity contribution in [2.45, 2.75) is 39.3 Å². The van der Waals surface area contributed by atoms with Crippen LogP contribution in [0.3, 0.4) is 0 Å². The van der Waals surface area contributed by atoms with Gasteiger partial charge in [-0.15, -0.1) is 0 Å². The number of amides is 2. The predicted octanol–water partition coefficient (Wildman–Crippen LogP) is 5.78. The Hall–Kier alpha value is -2.78. The van der Waals surface area contributed by atoms with Crippen molar-refractivity contribution in [3.05, 3.63) is 67.1 Å². The molecule has 3 rings (SSSR count). The number of carbonyl (C=O) groups is 2. The molecule has 1 heterocycles. The number of ether oxygens (including phenoxy) is 1. The molecule has 0 radical (unpaired) electrons. The number of fused-ring (bicyclic) bond motifs is 1. The van der Waals surface area contributed by atoms with Crippen molar-refractivity contribution in [3.8, 4) is 0 Å². The molecule has 30 heavy (non-hydrogen) atoms. The lowest BCUT2D eigenvalue weighted by Crippen LogP contribution is -2.40. The lowest BCUT2D eigenvalue weighted by atomic mass is 9.99. The summed E-state index contributed by atoms with van der Waals surface area (Å²) in [7, 11) is 0. The number of hydrogen-bond acceptors (Lipinski definition) is 4. The molecule has 0 unspecified atom stereocenters. The van der Waals surface area contributed by atoms with E-state index in [1.165, 1.54) is 5.56 Å². The standard InChI is InChI=1S/C21H22IN5O3/c1-21(2,3)30-20(29)27-9-8-17-14(12-27)10-16(11-18(17)22)24-19(28)13-4-6-15(7-5-13)25-26-23/h4-7,10-11H,8-9,12H2,1-3H3,(H,24,28).